The zero-order valence-electron chi connectivity index (χ0n) is 12.6. The summed E-state index contributed by atoms with van der Waals surface area (Å²) in [5.41, 5.74) is 4.04. The van der Waals surface area contributed by atoms with E-state index in [0.717, 1.165) is 22.3 Å². The second-order valence-electron chi connectivity index (χ2n) is 5.49. The minimum absolute atomic E-state index is 0.00345. The van der Waals surface area contributed by atoms with Gasteiger partial charge in [-0.05, 0) is 31.9 Å². The normalized spacial score (nSPS) is 13.1. The number of rotatable bonds is 5. The molecular weight excluding hydrogens is 282 g/mol. The molecule has 0 aliphatic rings. The first-order valence-electron chi connectivity index (χ1n) is 6.98. The Morgan fingerprint density at radius 1 is 0.905 bits per heavy atom. The van der Waals surface area contributed by atoms with Crippen molar-refractivity contribution in [3.63, 3.8) is 0 Å². The molecule has 4 heteroatoms. The fourth-order valence-electron chi connectivity index (χ4n) is 2.14. The van der Waals surface area contributed by atoms with Gasteiger partial charge in [0.05, 0.1) is 5.75 Å². The van der Waals surface area contributed by atoms with Gasteiger partial charge >= 0.3 is 0 Å². The molecule has 0 spiro atoms. The van der Waals surface area contributed by atoms with Gasteiger partial charge in [0, 0.05) is 6.04 Å². The van der Waals surface area contributed by atoms with Gasteiger partial charge in [0.25, 0.3) is 0 Å². The third-order valence-electron chi connectivity index (χ3n) is 3.41. The average molecular weight is 303 g/mol. The maximum absolute atomic E-state index is 12.2. The van der Waals surface area contributed by atoms with Crippen LogP contribution in [0.15, 0.2) is 48.5 Å². The molecular formula is C17H21NO2S. The molecule has 112 valence electrons. The molecule has 0 saturated heterocycles. The van der Waals surface area contributed by atoms with Gasteiger partial charge in [-0.3, -0.25) is 0 Å². The van der Waals surface area contributed by atoms with Crippen LogP contribution >= 0.6 is 0 Å². The van der Waals surface area contributed by atoms with Gasteiger partial charge in [-0.25, -0.2) is 13.1 Å². The van der Waals surface area contributed by atoms with Crippen molar-refractivity contribution in [3.05, 3.63) is 70.8 Å². The van der Waals surface area contributed by atoms with Gasteiger partial charge in [-0.2, -0.15) is 0 Å². The van der Waals surface area contributed by atoms with Crippen LogP contribution in [0.1, 0.15) is 35.2 Å². The van der Waals surface area contributed by atoms with E-state index in [0.29, 0.717) is 0 Å². The van der Waals surface area contributed by atoms with E-state index in [-0.39, 0.29) is 11.8 Å². The molecule has 3 nitrogen and oxygen atoms in total. The molecule has 1 N–H and O–H groups in total. The van der Waals surface area contributed by atoms with E-state index >= 15 is 0 Å². The molecule has 21 heavy (non-hydrogen) atoms. The molecule has 0 unspecified atom stereocenters. The van der Waals surface area contributed by atoms with Crippen LogP contribution in [0.2, 0.25) is 0 Å². The van der Waals surface area contributed by atoms with E-state index in [1.54, 1.807) is 0 Å². The highest BCUT2D eigenvalue weighted by molar-refractivity contribution is 7.88. The maximum atomic E-state index is 12.2. The van der Waals surface area contributed by atoms with Crippen molar-refractivity contribution in [2.24, 2.45) is 0 Å². The van der Waals surface area contributed by atoms with Crippen molar-refractivity contribution in [2.75, 3.05) is 0 Å². The molecule has 0 saturated carbocycles. The van der Waals surface area contributed by atoms with E-state index in [2.05, 4.69) is 4.72 Å². The lowest BCUT2D eigenvalue weighted by atomic mass is 10.1. The molecule has 0 amide bonds. The Hall–Kier alpha value is -1.65. The Labute approximate surface area is 127 Å². The van der Waals surface area contributed by atoms with Crippen LogP contribution in [-0.4, -0.2) is 8.42 Å². The molecule has 0 heterocycles. The van der Waals surface area contributed by atoms with E-state index in [1.807, 2.05) is 69.3 Å². The molecule has 0 aliphatic heterocycles. The molecule has 0 radical (unpaired) electrons. The van der Waals surface area contributed by atoms with Crippen LogP contribution in [0.25, 0.3) is 0 Å². The Balaban J connectivity index is 2.06. The Kier molecular flexibility index (Phi) is 4.80. The quantitative estimate of drug-likeness (QED) is 0.919. The summed E-state index contributed by atoms with van der Waals surface area (Å²) in [5, 5.41) is 0. The highest BCUT2D eigenvalue weighted by Crippen LogP contribution is 2.16. The van der Waals surface area contributed by atoms with Gasteiger partial charge in [0.15, 0.2) is 0 Å². The lowest BCUT2D eigenvalue weighted by molar-refractivity contribution is 0.566. The van der Waals surface area contributed by atoms with Crippen molar-refractivity contribution in [3.8, 4) is 0 Å². The largest absolute Gasteiger partial charge is 0.216 e. The fraction of sp³-hybridized carbons (Fsp3) is 0.294. The summed E-state index contributed by atoms with van der Waals surface area (Å²) in [7, 11) is -3.35. The summed E-state index contributed by atoms with van der Waals surface area (Å²) in [4.78, 5) is 0. The molecule has 2 aromatic carbocycles. The van der Waals surface area contributed by atoms with E-state index in [4.69, 9.17) is 0 Å². The molecule has 2 aromatic rings. The summed E-state index contributed by atoms with van der Waals surface area (Å²) < 4.78 is 27.2. The zero-order chi connectivity index (χ0) is 15.5. The third kappa shape index (κ3) is 4.69. The summed E-state index contributed by atoms with van der Waals surface area (Å²) in [5.74, 6) is 0.00345. The van der Waals surface area contributed by atoms with Gasteiger partial charge in [0.2, 0.25) is 10.0 Å². The first kappa shape index (κ1) is 15.7. The second-order valence-corrected chi connectivity index (χ2v) is 7.25. The maximum Gasteiger partial charge on any atom is 0.216 e. The smallest absolute Gasteiger partial charge is 0.212 e. The van der Waals surface area contributed by atoms with Gasteiger partial charge < -0.3 is 0 Å². The van der Waals surface area contributed by atoms with Crippen molar-refractivity contribution < 1.29 is 8.42 Å². The van der Waals surface area contributed by atoms with Gasteiger partial charge in [-0.15, -0.1) is 0 Å². The zero-order valence-corrected chi connectivity index (χ0v) is 13.4. The molecule has 0 bridgehead atoms. The topological polar surface area (TPSA) is 46.2 Å². The van der Waals surface area contributed by atoms with Crippen molar-refractivity contribution >= 4 is 10.0 Å². The molecule has 0 fully saturated rings. The second kappa shape index (κ2) is 6.41. The number of hydrogen-bond donors (Lipinski definition) is 1. The third-order valence-corrected chi connectivity index (χ3v) is 4.84. The predicted molar refractivity (Wildman–Crippen MR) is 86.5 cm³/mol. The lowest BCUT2D eigenvalue weighted by Crippen LogP contribution is -2.28. The van der Waals surface area contributed by atoms with Gasteiger partial charge in [-0.1, -0.05) is 59.7 Å². The van der Waals surface area contributed by atoms with Crippen molar-refractivity contribution in [1.82, 2.24) is 4.72 Å². The number of aryl methyl sites for hydroxylation is 2. The molecule has 0 aliphatic carbocycles. The van der Waals surface area contributed by atoms with Crippen LogP contribution in [0.3, 0.4) is 0 Å². The van der Waals surface area contributed by atoms with Crippen LogP contribution in [0.4, 0.5) is 0 Å². The Morgan fingerprint density at radius 3 is 1.90 bits per heavy atom. The summed E-state index contributed by atoms with van der Waals surface area (Å²) in [6.45, 7) is 5.85. The molecule has 2 rings (SSSR count). The fourth-order valence-corrected chi connectivity index (χ4v) is 3.53. The standard InChI is InChI=1S/C17H21NO2S/c1-13-4-8-16(9-5-13)12-21(19,20)18-15(3)17-10-6-14(2)7-11-17/h4-11,15,18H,12H2,1-3H3/t15-/m1/s1. The lowest BCUT2D eigenvalue weighted by Gasteiger charge is -2.15. The minimum Gasteiger partial charge on any atom is -0.212 e. The van der Waals surface area contributed by atoms with E-state index in [9.17, 15) is 8.42 Å². The van der Waals surface area contributed by atoms with Crippen LogP contribution in [0, 0.1) is 13.8 Å². The van der Waals surface area contributed by atoms with Crippen LogP contribution in [0.5, 0.6) is 0 Å². The number of nitrogens with one attached hydrogen (secondary N) is 1. The minimum atomic E-state index is -3.35. The SMILES string of the molecule is Cc1ccc(CS(=O)(=O)N[C@H](C)c2ccc(C)cc2)cc1. The monoisotopic (exact) mass is 303 g/mol. The number of hydrogen-bond acceptors (Lipinski definition) is 2. The highest BCUT2D eigenvalue weighted by Gasteiger charge is 2.16. The average Bonchev–Trinajstić information content (AvgIpc) is 2.41. The predicted octanol–water partition coefficient (Wildman–Crippen LogP) is 3.48. The highest BCUT2D eigenvalue weighted by atomic mass is 32.2. The van der Waals surface area contributed by atoms with E-state index < -0.39 is 10.0 Å². The van der Waals surface area contributed by atoms with Crippen LogP contribution in [-0.2, 0) is 15.8 Å². The first-order valence-corrected chi connectivity index (χ1v) is 8.63. The van der Waals surface area contributed by atoms with Crippen LogP contribution < -0.4 is 4.72 Å². The number of sulfonamides is 1. The van der Waals surface area contributed by atoms with Crippen molar-refractivity contribution in [2.45, 2.75) is 32.6 Å². The van der Waals surface area contributed by atoms with E-state index in [1.165, 1.54) is 0 Å². The first-order chi connectivity index (χ1) is 9.85. The molecule has 0 aromatic heterocycles. The Bertz CT molecular complexity index is 689. The summed E-state index contributed by atoms with van der Waals surface area (Å²) >= 11 is 0. The molecule has 1 atom stereocenters. The van der Waals surface area contributed by atoms with Crippen molar-refractivity contribution in [1.29, 1.82) is 0 Å². The Morgan fingerprint density at radius 2 is 1.38 bits per heavy atom. The van der Waals surface area contributed by atoms with Gasteiger partial charge in [0.1, 0.15) is 0 Å². The summed E-state index contributed by atoms with van der Waals surface area (Å²) in [6.07, 6.45) is 0. The number of benzene rings is 2. The summed E-state index contributed by atoms with van der Waals surface area (Å²) in [6, 6.07) is 15.2.